The zero-order valence-electron chi connectivity index (χ0n) is 11.0. The smallest absolute Gasteiger partial charge is 0.214 e. The number of hydrogen-bond donors (Lipinski definition) is 1. The number of nitrogens with one attached hydrogen (secondary N) is 1. The van der Waals surface area contributed by atoms with Crippen molar-refractivity contribution in [2.75, 3.05) is 0 Å². The van der Waals surface area contributed by atoms with Gasteiger partial charge in [-0.25, -0.2) is 4.98 Å². The van der Waals surface area contributed by atoms with Crippen molar-refractivity contribution in [3.63, 3.8) is 0 Å². The van der Waals surface area contributed by atoms with E-state index in [1.165, 1.54) is 32.1 Å². The van der Waals surface area contributed by atoms with E-state index in [-0.39, 0.29) is 6.04 Å². The molecule has 0 bridgehead atoms. The lowest BCUT2D eigenvalue weighted by Crippen LogP contribution is -2.44. The molecule has 4 rings (SSSR count). The van der Waals surface area contributed by atoms with E-state index in [1.807, 2.05) is 12.1 Å². The van der Waals surface area contributed by atoms with Crippen LogP contribution in [-0.4, -0.2) is 16.0 Å². The molecule has 19 heavy (non-hydrogen) atoms. The fourth-order valence-corrected chi connectivity index (χ4v) is 3.62. The summed E-state index contributed by atoms with van der Waals surface area (Å²) in [6.07, 6.45) is 9.65. The molecule has 2 fully saturated rings. The van der Waals surface area contributed by atoms with Gasteiger partial charge in [0, 0.05) is 12.2 Å². The van der Waals surface area contributed by atoms with E-state index >= 15 is 0 Å². The summed E-state index contributed by atoms with van der Waals surface area (Å²) in [5, 5.41) is 3.75. The van der Waals surface area contributed by atoms with Crippen LogP contribution >= 0.6 is 0 Å². The third-order valence-electron chi connectivity index (χ3n) is 4.63. The molecule has 3 unspecified atom stereocenters. The van der Waals surface area contributed by atoms with E-state index in [1.54, 1.807) is 6.20 Å². The molecule has 2 aliphatic rings. The molecule has 2 aromatic rings. The van der Waals surface area contributed by atoms with Crippen molar-refractivity contribution in [2.24, 2.45) is 5.92 Å². The Morgan fingerprint density at radius 3 is 3.05 bits per heavy atom. The van der Waals surface area contributed by atoms with Gasteiger partial charge in [0.25, 0.3) is 0 Å². The fourth-order valence-electron chi connectivity index (χ4n) is 3.62. The van der Waals surface area contributed by atoms with Gasteiger partial charge in [-0.3, -0.25) is 0 Å². The molecule has 4 nitrogen and oxygen atoms in total. The van der Waals surface area contributed by atoms with Crippen molar-refractivity contribution >= 4 is 11.2 Å². The maximum absolute atomic E-state index is 5.85. The van der Waals surface area contributed by atoms with Gasteiger partial charge in [-0.15, -0.1) is 0 Å². The van der Waals surface area contributed by atoms with Crippen molar-refractivity contribution in [2.45, 2.75) is 50.6 Å². The maximum atomic E-state index is 5.85. The third-order valence-corrected chi connectivity index (χ3v) is 4.63. The van der Waals surface area contributed by atoms with E-state index < -0.39 is 0 Å². The number of pyridine rings is 1. The van der Waals surface area contributed by atoms with Gasteiger partial charge in [0.1, 0.15) is 0 Å². The van der Waals surface area contributed by atoms with Crippen molar-refractivity contribution in [1.82, 2.24) is 15.3 Å². The first-order chi connectivity index (χ1) is 9.40. The van der Waals surface area contributed by atoms with E-state index in [4.69, 9.17) is 4.42 Å². The van der Waals surface area contributed by atoms with Crippen molar-refractivity contribution < 1.29 is 4.42 Å². The summed E-state index contributed by atoms with van der Waals surface area (Å²) in [7, 11) is 0. The molecule has 1 saturated carbocycles. The summed E-state index contributed by atoms with van der Waals surface area (Å²) < 4.78 is 5.85. The van der Waals surface area contributed by atoms with Crippen LogP contribution in [0.1, 0.15) is 50.5 Å². The zero-order valence-corrected chi connectivity index (χ0v) is 11.0. The number of rotatable bonds is 1. The minimum Gasteiger partial charge on any atom is -0.437 e. The number of nitrogens with zero attached hydrogens (tertiary/aromatic N) is 2. The monoisotopic (exact) mass is 257 g/mol. The molecule has 0 spiro atoms. The summed E-state index contributed by atoms with van der Waals surface area (Å²) in [6, 6.07) is 4.76. The van der Waals surface area contributed by atoms with E-state index in [9.17, 15) is 0 Å². The molecular weight excluding hydrogens is 238 g/mol. The highest BCUT2D eigenvalue weighted by molar-refractivity contribution is 5.66. The average molecular weight is 257 g/mol. The minimum absolute atomic E-state index is 0.272. The van der Waals surface area contributed by atoms with Gasteiger partial charge in [0.2, 0.25) is 5.89 Å². The van der Waals surface area contributed by atoms with Gasteiger partial charge in [0.15, 0.2) is 11.2 Å². The quantitative estimate of drug-likeness (QED) is 0.852. The highest BCUT2D eigenvalue weighted by Crippen LogP contribution is 2.36. The Balaban J connectivity index is 1.58. The van der Waals surface area contributed by atoms with Gasteiger partial charge in [-0.2, -0.15) is 4.98 Å². The highest BCUT2D eigenvalue weighted by Gasteiger charge is 2.34. The van der Waals surface area contributed by atoms with Gasteiger partial charge >= 0.3 is 0 Å². The van der Waals surface area contributed by atoms with Gasteiger partial charge in [-0.05, 0) is 43.7 Å². The highest BCUT2D eigenvalue weighted by atomic mass is 16.3. The van der Waals surface area contributed by atoms with E-state index in [0.717, 1.165) is 29.5 Å². The second-order valence-corrected chi connectivity index (χ2v) is 5.82. The molecule has 0 radical (unpaired) electrons. The lowest BCUT2D eigenvalue weighted by Gasteiger charge is -2.39. The number of fused-ring (bicyclic) bond motifs is 2. The zero-order chi connectivity index (χ0) is 12.7. The van der Waals surface area contributed by atoms with Gasteiger partial charge in [0.05, 0.1) is 6.04 Å². The number of oxazole rings is 1. The molecule has 100 valence electrons. The van der Waals surface area contributed by atoms with Crippen LogP contribution in [0, 0.1) is 5.92 Å². The molecule has 1 aliphatic carbocycles. The lowest BCUT2D eigenvalue weighted by molar-refractivity contribution is 0.164. The first kappa shape index (κ1) is 11.4. The fraction of sp³-hybridized carbons (Fsp3) is 0.600. The third kappa shape index (κ3) is 2.04. The van der Waals surface area contributed by atoms with Crippen LogP contribution in [0.15, 0.2) is 22.7 Å². The Hall–Kier alpha value is -1.42. The molecular formula is C15H19N3O. The van der Waals surface area contributed by atoms with Crippen LogP contribution in [-0.2, 0) is 0 Å². The van der Waals surface area contributed by atoms with Crippen LogP contribution in [0.2, 0.25) is 0 Å². The molecule has 1 N–H and O–H groups in total. The Kier molecular flexibility index (Phi) is 2.76. The number of aromatic nitrogens is 2. The molecule has 1 saturated heterocycles. The topological polar surface area (TPSA) is 51.0 Å². The first-order valence-corrected chi connectivity index (χ1v) is 7.37. The Morgan fingerprint density at radius 1 is 1.16 bits per heavy atom. The molecule has 4 heteroatoms. The second kappa shape index (κ2) is 4.60. The van der Waals surface area contributed by atoms with Crippen LogP contribution in [0.3, 0.4) is 0 Å². The van der Waals surface area contributed by atoms with Crippen molar-refractivity contribution in [1.29, 1.82) is 0 Å². The molecule has 0 amide bonds. The summed E-state index contributed by atoms with van der Waals surface area (Å²) in [5.74, 6) is 1.69. The van der Waals surface area contributed by atoms with E-state index in [0.29, 0.717) is 6.04 Å². The van der Waals surface area contributed by atoms with Crippen molar-refractivity contribution in [3.8, 4) is 0 Å². The van der Waals surface area contributed by atoms with Crippen LogP contribution in [0.25, 0.3) is 11.2 Å². The summed E-state index contributed by atoms with van der Waals surface area (Å²) >= 11 is 0. The lowest BCUT2D eigenvalue weighted by atomic mass is 9.78. The molecule has 0 aromatic carbocycles. The normalized spacial score (nSPS) is 31.3. The predicted molar refractivity (Wildman–Crippen MR) is 72.7 cm³/mol. The summed E-state index contributed by atoms with van der Waals surface area (Å²) in [5.41, 5.74) is 1.52. The molecule has 3 atom stereocenters. The maximum Gasteiger partial charge on any atom is 0.214 e. The first-order valence-electron chi connectivity index (χ1n) is 7.37. The summed E-state index contributed by atoms with van der Waals surface area (Å²) in [4.78, 5) is 8.78. The van der Waals surface area contributed by atoms with Crippen LogP contribution in [0.4, 0.5) is 0 Å². The standard InChI is InChI=1S/C15H19N3O/c1-2-5-11-10(4-1)7-8-12(17-11)15-18-14-13(19-15)6-3-9-16-14/h3,6,9-12,17H,1-2,4-5,7-8H2. The van der Waals surface area contributed by atoms with Crippen LogP contribution in [0.5, 0.6) is 0 Å². The van der Waals surface area contributed by atoms with Gasteiger partial charge < -0.3 is 9.73 Å². The predicted octanol–water partition coefficient (Wildman–Crippen LogP) is 3.21. The van der Waals surface area contributed by atoms with Gasteiger partial charge in [-0.1, -0.05) is 12.8 Å². The Bertz CT molecular complexity index is 547. The largest absolute Gasteiger partial charge is 0.437 e. The minimum atomic E-state index is 0.272. The average Bonchev–Trinajstić information content (AvgIpc) is 2.90. The SMILES string of the molecule is c1cnc2nc(C3CCC4CCCCC4N3)oc2c1. The van der Waals surface area contributed by atoms with Crippen molar-refractivity contribution in [3.05, 3.63) is 24.2 Å². The Morgan fingerprint density at radius 2 is 2.11 bits per heavy atom. The molecule has 3 heterocycles. The second-order valence-electron chi connectivity index (χ2n) is 5.82. The summed E-state index contributed by atoms with van der Waals surface area (Å²) in [6.45, 7) is 0. The number of hydrogen-bond acceptors (Lipinski definition) is 4. The van der Waals surface area contributed by atoms with E-state index in [2.05, 4.69) is 15.3 Å². The van der Waals surface area contributed by atoms with Crippen LogP contribution < -0.4 is 5.32 Å². The molecule has 1 aliphatic heterocycles. The Labute approximate surface area is 112 Å². The molecule has 2 aromatic heterocycles. The number of piperidine rings is 1.